The molecule has 0 fully saturated rings. The Labute approximate surface area is 73.3 Å². The Morgan fingerprint density at radius 3 is 2.42 bits per heavy atom. The molecule has 0 spiro atoms. The first-order valence-electron chi connectivity index (χ1n) is 4.26. The molecule has 0 radical (unpaired) electrons. The summed E-state index contributed by atoms with van der Waals surface area (Å²) in [6.07, 6.45) is 3.66. The van der Waals surface area contributed by atoms with Gasteiger partial charge in [-0.25, -0.2) is 0 Å². The van der Waals surface area contributed by atoms with E-state index in [4.69, 9.17) is 15.5 Å². The van der Waals surface area contributed by atoms with Crippen LogP contribution >= 0.6 is 7.60 Å². The zero-order valence-corrected chi connectivity index (χ0v) is 8.33. The predicted molar refractivity (Wildman–Crippen MR) is 49.0 cm³/mol. The zero-order valence-electron chi connectivity index (χ0n) is 7.44. The summed E-state index contributed by atoms with van der Waals surface area (Å²) in [5, 5.41) is 0. The number of rotatable bonds is 6. The molecule has 0 aliphatic rings. The third kappa shape index (κ3) is 8.21. The van der Waals surface area contributed by atoms with E-state index in [1.54, 1.807) is 0 Å². The molecule has 12 heavy (non-hydrogen) atoms. The number of hydrogen-bond acceptors (Lipinski definition) is 2. The monoisotopic (exact) mass is 195 g/mol. The molecule has 0 bridgehead atoms. The Morgan fingerprint density at radius 2 is 2.00 bits per heavy atom. The van der Waals surface area contributed by atoms with Crippen LogP contribution in [0.5, 0.6) is 0 Å². The molecule has 0 aromatic heterocycles. The van der Waals surface area contributed by atoms with Crippen LogP contribution in [0.1, 0.15) is 32.6 Å². The maximum absolute atomic E-state index is 10.5. The molecule has 0 saturated heterocycles. The van der Waals surface area contributed by atoms with E-state index in [2.05, 4.69) is 6.92 Å². The Kier molecular flexibility index (Phi) is 5.76. The first-order chi connectivity index (χ1) is 5.45. The van der Waals surface area contributed by atoms with Crippen LogP contribution in [-0.4, -0.2) is 22.0 Å². The summed E-state index contributed by atoms with van der Waals surface area (Å²) in [5.41, 5.74) is 5.51. The molecule has 0 aromatic carbocycles. The normalized spacial score (nSPS) is 14.7. The smallest absolute Gasteiger partial charge is 0.327 e. The minimum atomic E-state index is -3.90. The molecule has 0 aliphatic heterocycles. The minimum Gasteiger partial charge on any atom is -0.327 e. The fourth-order valence-corrected chi connectivity index (χ4v) is 1.85. The Morgan fingerprint density at radius 1 is 1.42 bits per heavy atom. The fraction of sp³-hybridized carbons (Fsp3) is 1.00. The van der Waals surface area contributed by atoms with Gasteiger partial charge in [-0.3, -0.25) is 4.57 Å². The molecular formula is C7H18NO3P. The van der Waals surface area contributed by atoms with Crippen LogP contribution in [0, 0.1) is 0 Å². The van der Waals surface area contributed by atoms with Gasteiger partial charge in [0, 0.05) is 6.04 Å². The average Bonchev–Trinajstić information content (AvgIpc) is 1.84. The summed E-state index contributed by atoms with van der Waals surface area (Å²) >= 11 is 0. The second-order valence-corrected chi connectivity index (χ2v) is 4.80. The van der Waals surface area contributed by atoms with Gasteiger partial charge < -0.3 is 15.5 Å². The Balaban J connectivity index is 3.46. The molecule has 0 saturated carbocycles. The van der Waals surface area contributed by atoms with Gasteiger partial charge in [-0.1, -0.05) is 26.2 Å². The summed E-state index contributed by atoms with van der Waals surface area (Å²) in [5.74, 6) is 0. The van der Waals surface area contributed by atoms with Crippen LogP contribution in [0.25, 0.3) is 0 Å². The van der Waals surface area contributed by atoms with Crippen molar-refractivity contribution in [2.45, 2.75) is 38.6 Å². The van der Waals surface area contributed by atoms with Crippen molar-refractivity contribution in [2.75, 3.05) is 6.16 Å². The van der Waals surface area contributed by atoms with Crippen LogP contribution in [0.4, 0.5) is 0 Å². The quantitative estimate of drug-likeness (QED) is 0.437. The van der Waals surface area contributed by atoms with E-state index in [1.165, 1.54) is 0 Å². The number of hydrogen-bond donors (Lipinski definition) is 3. The summed E-state index contributed by atoms with van der Waals surface area (Å²) in [6, 6.07) is -0.350. The van der Waals surface area contributed by atoms with Crippen LogP contribution in [0.2, 0.25) is 0 Å². The van der Waals surface area contributed by atoms with Gasteiger partial charge >= 0.3 is 7.60 Å². The molecule has 1 unspecified atom stereocenters. The van der Waals surface area contributed by atoms with Crippen molar-refractivity contribution >= 4 is 7.60 Å². The van der Waals surface area contributed by atoms with Crippen molar-refractivity contribution < 1.29 is 14.4 Å². The van der Waals surface area contributed by atoms with Crippen molar-refractivity contribution in [3.8, 4) is 0 Å². The highest BCUT2D eigenvalue weighted by molar-refractivity contribution is 7.51. The maximum atomic E-state index is 10.5. The molecular weight excluding hydrogens is 177 g/mol. The second kappa shape index (κ2) is 5.70. The van der Waals surface area contributed by atoms with Crippen molar-refractivity contribution in [1.82, 2.24) is 0 Å². The van der Waals surface area contributed by atoms with Gasteiger partial charge in [0.05, 0.1) is 6.16 Å². The SMILES string of the molecule is CCCCCC(N)CP(=O)(O)O. The number of nitrogens with two attached hydrogens (primary N) is 1. The van der Waals surface area contributed by atoms with E-state index >= 15 is 0 Å². The van der Waals surface area contributed by atoms with Gasteiger partial charge in [-0.2, -0.15) is 0 Å². The Hall–Kier alpha value is 0.110. The van der Waals surface area contributed by atoms with E-state index in [-0.39, 0.29) is 12.2 Å². The van der Waals surface area contributed by atoms with Crippen LogP contribution < -0.4 is 5.73 Å². The van der Waals surface area contributed by atoms with Gasteiger partial charge in [0.1, 0.15) is 0 Å². The molecule has 0 aliphatic carbocycles. The minimum absolute atomic E-state index is 0.184. The molecule has 0 aromatic rings. The van der Waals surface area contributed by atoms with Crippen LogP contribution in [0.3, 0.4) is 0 Å². The van der Waals surface area contributed by atoms with Crippen molar-refractivity contribution in [1.29, 1.82) is 0 Å². The molecule has 4 N–H and O–H groups in total. The molecule has 4 nitrogen and oxygen atoms in total. The first kappa shape index (κ1) is 12.1. The fourth-order valence-electron chi connectivity index (χ4n) is 1.05. The average molecular weight is 195 g/mol. The lowest BCUT2D eigenvalue weighted by atomic mass is 10.1. The largest absolute Gasteiger partial charge is 0.327 e. The van der Waals surface area contributed by atoms with E-state index < -0.39 is 7.60 Å². The van der Waals surface area contributed by atoms with E-state index in [9.17, 15) is 4.57 Å². The highest BCUT2D eigenvalue weighted by Gasteiger charge is 2.17. The van der Waals surface area contributed by atoms with E-state index in [0.717, 1.165) is 19.3 Å². The maximum Gasteiger partial charge on any atom is 0.327 e. The third-order valence-electron chi connectivity index (χ3n) is 1.65. The molecule has 74 valence electrons. The topological polar surface area (TPSA) is 83.6 Å². The number of unbranched alkanes of at least 4 members (excludes halogenated alkanes) is 2. The molecule has 1 atom stereocenters. The summed E-state index contributed by atoms with van der Waals surface area (Å²) < 4.78 is 10.5. The molecule has 0 amide bonds. The second-order valence-electron chi connectivity index (χ2n) is 3.10. The molecule has 0 heterocycles. The zero-order chi connectivity index (χ0) is 9.61. The molecule has 5 heteroatoms. The first-order valence-corrected chi connectivity index (χ1v) is 6.05. The van der Waals surface area contributed by atoms with E-state index in [0.29, 0.717) is 6.42 Å². The third-order valence-corrected chi connectivity index (χ3v) is 2.60. The highest BCUT2D eigenvalue weighted by Crippen LogP contribution is 2.35. The lowest BCUT2D eigenvalue weighted by Gasteiger charge is -2.11. The summed E-state index contributed by atoms with van der Waals surface area (Å²) in [4.78, 5) is 17.2. The van der Waals surface area contributed by atoms with Gasteiger partial charge in [0.2, 0.25) is 0 Å². The predicted octanol–water partition coefficient (Wildman–Crippen LogP) is 1.07. The van der Waals surface area contributed by atoms with E-state index in [1.807, 2.05) is 0 Å². The van der Waals surface area contributed by atoms with Crippen molar-refractivity contribution in [3.05, 3.63) is 0 Å². The summed E-state index contributed by atoms with van der Waals surface area (Å²) in [6.45, 7) is 2.08. The lowest BCUT2D eigenvalue weighted by molar-refractivity contribution is 0.366. The van der Waals surface area contributed by atoms with Gasteiger partial charge in [-0.15, -0.1) is 0 Å². The van der Waals surface area contributed by atoms with Crippen molar-refractivity contribution in [3.63, 3.8) is 0 Å². The standard InChI is InChI=1S/C7H18NO3P/c1-2-3-4-5-7(8)6-12(9,10)11/h7H,2-6,8H2,1H3,(H2,9,10,11). The van der Waals surface area contributed by atoms with Gasteiger partial charge in [0.15, 0.2) is 0 Å². The highest BCUT2D eigenvalue weighted by atomic mass is 31.2. The Bertz CT molecular complexity index is 157. The van der Waals surface area contributed by atoms with Crippen LogP contribution in [0.15, 0.2) is 0 Å². The van der Waals surface area contributed by atoms with Gasteiger partial charge in [-0.05, 0) is 6.42 Å². The lowest BCUT2D eigenvalue weighted by Crippen LogP contribution is -2.24. The van der Waals surface area contributed by atoms with Crippen molar-refractivity contribution in [2.24, 2.45) is 5.73 Å². The molecule has 0 rings (SSSR count). The summed E-state index contributed by atoms with van der Waals surface area (Å²) in [7, 11) is -3.90. The van der Waals surface area contributed by atoms with Gasteiger partial charge in [0.25, 0.3) is 0 Å². The van der Waals surface area contributed by atoms with Crippen LogP contribution in [-0.2, 0) is 4.57 Å².